The monoisotopic (exact) mass is 260 g/mol. The predicted octanol–water partition coefficient (Wildman–Crippen LogP) is 1.50. The smallest absolute Gasteiger partial charge is 0.233 e. The molecule has 2 amide bonds. The summed E-state index contributed by atoms with van der Waals surface area (Å²) in [6.45, 7) is 5.66. The van der Waals surface area contributed by atoms with Crippen LogP contribution in [0, 0.1) is 11.8 Å². The van der Waals surface area contributed by atoms with E-state index in [1.807, 2.05) is 37.3 Å². The average molecular weight is 260 g/mol. The lowest BCUT2D eigenvalue weighted by atomic mass is 9.90. The summed E-state index contributed by atoms with van der Waals surface area (Å²) in [5.74, 6) is -0.812. The van der Waals surface area contributed by atoms with Gasteiger partial charge in [-0.25, -0.2) is 0 Å². The van der Waals surface area contributed by atoms with Gasteiger partial charge in [-0.2, -0.15) is 0 Å². The summed E-state index contributed by atoms with van der Waals surface area (Å²) >= 11 is 0. The highest BCUT2D eigenvalue weighted by Gasteiger charge is 2.50. The van der Waals surface area contributed by atoms with Gasteiger partial charge >= 0.3 is 0 Å². The topological polar surface area (TPSA) is 63.4 Å². The van der Waals surface area contributed by atoms with Crippen LogP contribution in [0.1, 0.15) is 26.3 Å². The van der Waals surface area contributed by atoms with E-state index in [2.05, 4.69) is 0 Å². The number of nitrogens with two attached hydrogens (primary N) is 1. The highest BCUT2D eigenvalue weighted by atomic mass is 16.2. The van der Waals surface area contributed by atoms with Gasteiger partial charge < -0.3 is 5.73 Å². The minimum absolute atomic E-state index is 0.130. The van der Waals surface area contributed by atoms with Gasteiger partial charge in [0.05, 0.1) is 5.54 Å². The maximum absolute atomic E-state index is 12.4. The van der Waals surface area contributed by atoms with Gasteiger partial charge in [-0.1, -0.05) is 44.2 Å². The van der Waals surface area contributed by atoms with E-state index in [-0.39, 0.29) is 30.2 Å². The van der Waals surface area contributed by atoms with Crippen LogP contribution >= 0.6 is 0 Å². The lowest BCUT2D eigenvalue weighted by Crippen LogP contribution is -2.52. The Labute approximate surface area is 113 Å². The number of rotatable bonds is 3. The molecule has 0 saturated carbocycles. The van der Waals surface area contributed by atoms with E-state index < -0.39 is 5.54 Å². The fraction of sp³-hybridized carbons (Fsp3) is 0.467. The Kier molecular flexibility index (Phi) is 3.45. The third-order valence-electron chi connectivity index (χ3n) is 4.26. The van der Waals surface area contributed by atoms with E-state index in [1.165, 1.54) is 4.90 Å². The standard InChI is InChI=1S/C15H20N2O2/c1-10-11(2)14(19)17(13(10)18)15(3,9-16)12-7-5-4-6-8-12/h4-8,10-11H,9,16H2,1-3H3. The van der Waals surface area contributed by atoms with Gasteiger partial charge in [-0.3, -0.25) is 14.5 Å². The summed E-state index contributed by atoms with van der Waals surface area (Å²) in [6.07, 6.45) is 0. The molecule has 4 heteroatoms. The van der Waals surface area contributed by atoms with Crippen LogP contribution in [0.3, 0.4) is 0 Å². The van der Waals surface area contributed by atoms with E-state index in [4.69, 9.17) is 5.73 Å². The number of hydrogen-bond acceptors (Lipinski definition) is 3. The van der Waals surface area contributed by atoms with E-state index >= 15 is 0 Å². The van der Waals surface area contributed by atoms with Crippen molar-refractivity contribution in [2.45, 2.75) is 26.3 Å². The number of carbonyl (C=O) groups is 2. The zero-order valence-corrected chi connectivity index (χ0v) is 11.6. The largest absolute Gasteiger partial charge is 0.328 e. The van der Waals surface area contributed by atoms with Gasteiger partial charge in [0.2, 0.25) is 11.8 Å². The fourth-order valence-corrected chi connectivity index (χ4v) is 2.57. The molecule has 2 rings (SSSR count). The maximum Gasteiger partial charge on any atom is 0.233 e. The molecule has 3 unspecified atom stereocenters. The van der Waals surface area contributed by atoms with Crippen LogP contribution in [0.25, 0.3) is 0 Å². The molecule has 0 radical (unpaired) electrons. The summed E-state index contributed by atoms with van der Waals surface area (Å²) in [7, 11) is 0. The van der Waals surface area contributed by atoms with Gasteiger partial charge in [0.15, 0.2) is 0 Å². The first-order valence-corrected chi connectivity index (χ1v) is 6.57. The normalized spacial score (nSPS) is 26.6. The van der Waals surface area contributed by atoms with E-state index in [0.717, 1.165) is 5.56 Å². The minimum Gasteiger partial charge on any atom is -0.328 e. The number of amides is 2. The van der Waals surface area contributed by atoms with Crippen LogP contribution < -0.4 is 5.73 Å². The summed E-state index contributed by atoms with van der Waals surface area (Å²) in [6, 6.07) is 9.49. The second-order valence-corrected chi connectivity index (χ2v) is 5.43. The molecular formula is C15H20N2O2. The molecule has 4 nitrogen and oxygen atoms in total. The molecule has 0 aliphatic carbocycles. The summed E-state index contributed by atoms with van der Waals surface area (Å²) in [4.78, 5) is 26.1. The van der Waals surface area contributed by atoms with Crippen LogP contribution in [0.5, 0.6) is 0 Å². The Morgan fingerprint density at radius 1 is 1.11 bits per heavy atom. The maximum atomic E-state index is 12.4. The molecule has 1 aliphatic rings. The Hall–Kier alpha value is -1.68. The molecule has 1 heterocycles. The first-order chi connectivity index (χ1) is 8.93. The van der Waals surface area contributed by atoms with Crippen molar-refractivity contribution in [3.63, 3.8) is 0 Å². The quantitative estimate of drug-likeness (QED) is 0.838. The molecule has 0 aromatic heterocycles. The number of likely N-dealkylation sites (tertiary alicyclic amines) is 1. The second-order valence-electron chi connectivity index (χ2n) is 5.43. The zero-order chi connectivity index (χ0) is 14.2. The van der Waals surface area contributed by atoms with Crippen molar-refractivity contribution >= 4 is 11.8 Å². The van der Waals surface area contributed by atoms with E-state index in [1.54, 1.807) is 13.8 Å². The molecule has 1 fully saturated rings. The molecule has 1 aromatic rings. The van der Waals surface area contributed by atoms with Crippen LogP contribution in [0.2, 0.25) is 0 Å². The minimum atomic E-state index is -0.769. The Bertz CT molecular complexity index is 480. The fourth-order valence-electron chi connectivity index (χ4n) is 2.57. The molecule has 1 aliphatic heterocycles. The number of carbonyl (C=O) groups excluding carboxylic acids is 2. The molecule has 3 atom stereocenters. The summed E-state index contributed by atoms with van der Waals surface area (Å²) < 4.78 is 0. The zero-order valence-electron chi connectivity index (χ0n) is 11.6. The Morgan fingerprint density at radius 2 is 1.58 bits per heavy atom. The molecule has 0 spiro atoms. The molecule has 0 bridgehead atoms. The molecule has 102 valence electrons. The number of imide groups is 1. The first kappa shape index (κ1) is 13.7. The molecule has 2 N–H and O–H groups in total. The third-order valence-corrected chi connectivity index (χ3v) is 4.26. The SMILES string of the molecule is CC1C(=O)N(C(C)(CN)c2ccccc2)C(=O)C1C. The number of hydrogen-bond donors (Lipinski definition) is 1. The molecule has 1 aromatic carbocycles. The van der Waals surface area contributed by atoms with Crippen molar-refractivity contribution < 1.29 is 9.59 Å². The average Bonchev–Trinajstić information content (AvgIpc) is 2.63. The van der Waals surface area contributed by atoms with Crippen LogP contribution in [0.4, 0.5) is 0 Å². The highest BCUT2D eigenvalue weighted by molar-refractivity contribution is 6.05. The number of nitrogens with zero attached hydrogens (tertiary/aromatic N) is 1. The van der Waals surface area contributed by atoms with Crippen molar-refractivity contribution in [1.29, 1.82) is 0 Å². The predicted molar refractivity (Wildman–Crippen MR) is 73.0 cm³/mol. The van der Waals surface area contributed by atoms with Crippen molar-refractivity contribution in [3.05, 3.63) is 35.9 Å². The molecule has 19 heavy (non-hydrogen) atoms. The van der Waals surface area contributed by atoms with Crippen LogP contribution in [-0.4, -0.2) is 23.3 Å². The van der Waals surface area contributed by atoms with E-state index in [0.29, 0.717) is 0 Å². The van der Waals surface area contributed by atoms with Gasteiger partial charge in [0.1, 0.15) is 0 Å². The van der Waals surface area contributed by atoms with Crippen molar-refractivity contribution in [1.82, 2.24) is 4.90 Å². The Balaban J connectivity index is 2.48. The van der Waals surface area contributed by atoms with Crippen LogP contribution in [-0.2, 0) is 15.1 Å². The third kappa shape index (κ3) is 1.96. The van der Waals surface area contributed by atoms with E-state index in [9.17, 15) is 9.59 Å². The van der Waals surface area contributed by atoms with Crippen molar-refractivity contribution in [3.8, 4) is 0 Å². The van der Waals surface area contributed by atoms with Gasteiger partial charge in [-0.05, 0) is 12.5 Å². The molecule has 1 saturated heterocycles. The molecular weight excluding hydrogens is 240 g/mol. The Morgan fingerprint density at radius 3 is 2.00 bits per heavy atom. The van der Waals surface area contributed by atoms with Crippen LogP contribution in [0.15, 0.2) is 30.3 Å². The number of benzene rings is 1. The lowest BCUT2D eigenvalue weighted by Gasteiger charge is -2.37. The van der Waals surface area contributed by atoms with Gasteiger partial charge in [-0.15, -0.1) is 0 Å². The summed E-state index contributed by atoms with van der Waals surface area (Å²) in [5.41, 5.74) is 6.01. The van der Waals surface area contributed by atoms with Gasteiger partial charge in [0, 0.05) is 18.4 Å². The first-order valence-electron chi connectivity index (χ1n) is 6.57. The van der Waals surface area contributed by atoms with Crippen molar-refractivity contribution in [2.75, 3.05) is 6.54 Å². The lowest BCUT2D eigenvalue weighted by molar-refractivity contribution is -0.146. The highest BCUT2D eigenvalue weighted by Crippen LogP contribution is 2.36. The van der Waals surface area contributed by atoms with Gasteiger partial charge in [0.25, 0.3) is 0 Å². The van der Waals surface area contributed by atoms with Crippen molar-refractivity contribution in [2.24, 2.45) is 17.6 Å². The summed E-state index contributed by atoms with van der Waals surface area (Å²) in [5, 5.41) is 0. The second kappa shape index (κ2) is 4.78.